The predicted octanol–water partition coefficient (Wildman–Crippen LogP) is 3.22. The molecule has 1 saturated heterocycles. The van der Waals surface area contributed by atoms with Crippen molar-refractivity contribution in [3.05, 3.63) is 45.2 Å². The molecule has 1 aromatic heterocycles. The summed E-state index contributed by atoms with van der Waals surface area (Å²) in [6.45, 7) is 6.83. The number of aryl methyl sites for hydroxylation is 2. The summed E-state index contributed by atoms with van der Waals surface area (Å²) < 4.78 is 0. The maximum absolute atomic E-state index is 13.1. The van der Waals surface area contributed by atoms with E-state index in [0.717, 1.165) is 43.4 Å². The maximum Gasteiger partial charge on any atom is 0.258 e. The Bertz CT molecular complexity index is 1060. The van der Waals surface area contributed by atoms with E-state index in [1.807, 2.05) is 32.0 Å². The lowest BCUT2D eigenvalue weighted by molar-refractivity contribution is -0.123. The number of nitrogens with zero attached hydrogens (tertiary/aromatic N) is 2. The van der Waals surface area contributed by atoms with Gasteiger partial charge in [-0.05, 0) is 62.8 Å². The lowest BCUT2D eigenvalue weighted by Crippen LogP contribution is -2.43. The van der Waals surface area contributed by atoms with Crippen molar-refractivity contribution in [3.63, 3.8) is 0 Å². The van der Waals surface area contributed by atoms with Crippen LogP contribution in [0.25, 0.3) is 0 Å². The quantitative estimate of drug-likeness (QED) is 0.700. The average Bonchev–Trinajstić information content (AvgIpc) is 2.71. The number of hydrogen-bond donors (Lipinski definition) is 3. The number of aromatic amines is 1. The molecule has 2 aliphatic rings. The van der Waals surface area contributed by atoms with E-state index in [-0.39, 0.29) is 35.2 Å². The highest BCUT2D eigenvalue weighted by Gasteiger charge is 2.35. The fourth-order valence-corrected chi connectivity index (χ4v) is 4.70. The first kappa shape index (κ1) is 21.1. The molecule has 1 aromatic carbocycles. The third-order valence-corrected chi connectivity index (χ3v) is 6.11. The summed E-state index contributed by atoms with van der Waals surface area (Å²) in [7, 11) is 0. The Morgan fingerprint density at radius 1 is 1.19 bits per heavy atom. The normalized spacial score (nSPS) is 20.7. The van der Waals surface area contributed by atoms with E-state index < -0.39 is 5.92 Å². The van der Waals surface area contributed by atoms with Gasteiger partial charge in [-0.3, -0.25) is 19.4 Å². The summed E-state index contributed by atoms with van der Waals surface area (Å²) in [4.78, 5) is 48.0. The molecule has 4 rings (SSSR count). The SMILES string of the molecule is CC[C@@H]1CCCCN1c1nc2c(c(=O)[nH]1)[C@@H](C(=O)Nc1cc(C)cc(C)c1)CC(=O)N2. The van der Waals surface area contributed by atoms with Crippen molar-refractivity contribution >= 4 is 29.3 Å². The minimum Gasteiger partial charge on any atom is -0.339 e. The van der Waals surface area contributed by atoms with Crippen LogP contribution in [0.5, 0.6) is 0 Å². The highest BCUT2D eigenvalue weighted by Crippen LogP contribution is 2.32. The Hall–Kier alpha value is -3.16. The second-order valence-corrected chi connectivity index (χ2v) is 8.57. The van der Waals surface area contributed by atoms with E-state index in [1.165, 1.54) is 0 Å². The average molecular weight is 424 g/mol. The Morgan fingerprint density at radius 3 is 2.65 bits per heavy atom. The highest BCUT2D eigenvalue weighted by molar-refractivity contribution is 6.04. The molecule has 1 fully saturated rings. The van der Waals surface area contributed by atoms with E-state index in [9.17, 15) is 14.4 Å². The van der Waals surface area contributed by atoms with Gasteiger partial charge in [0.25, 0.3) is 5.56 Å². The minimum absolute atomic E-state index is 0.0883. The van der Waals surface area contributed by atoms with Crippen LogP contribution in [0, 0.1) is 13.8 Å². The molecule has 0 radical (unpaired) electrons. The molecule has 31 heavy (non-hydrogen) atoms. The van der Waals surface area contributed by atoms with Gasteiger partial charge in [0.05, 0.1) is 11.5 Å². The monoisotopic (exact) mass is 423 g/mol. The van der Waals surface area contributed by atoms with Crippen LogP contribution in [0.1, 0.15) is 61.6 Å². The van der Waals surface area contributed by atoms with Gasteiger partial charge in [0.2, 0.25) is 17.8 Å². The van der Waals surface area contributed by atoms with E-state index in [2.05, 4.69) is 32.4 Å². The maximum atomic E-state index is 13.1. The van der Waals surface area contributed by atoms with Crippen LogP contribution in [-0.2, 0) is 9.59 Å². The molecule has 2 amide bonds. The van der Waals surface area contributed by atoms with Crippen molar-refractivity contribution in [3.8, 4) is 0 Å². The van der Waals surface area contributed by atoms with E-state index >= 15 is 0 Å². The number of H-pyrrole nitrogens is 1. The molecule has 0 bridgehead atoms. The molecule has 0 saturated carbocycles. The van der Waals surface area contributed by atoms with Crippen molar-refractivity contribution in [1.82, 2.24) is 9.97 Å². The summed E-state index contributed by atoms with van der Waals surface area (Å²) in [5.41, 5.74) is 2.54. The lowest BCUT2D eigenvalue weighted by Gasteiger charge is -2.36. The molecular formula is C23H29N5O3. The Labute approximate surface area is 181 Å². The van der Waals surface area contributed by atoms with E-state index in [1.54, 1.807) is 0 Å². The Kier molecular flexibility index (Phi) is 5.80. The first-order valence-corrected chi connectivity index (χ1v) is 11.0. The van der Waals surface area contributed by atoms with Crippen molar-refractivity contribution in [1.29, 1.82) is 0 Å². The summed E-state index contributed by atoms with van der Waals surface area (Å²) in [6.07, 6.45) is 4.10. The molecule has 2 aromatic rings. The number of rotatable bonds is 4. The molecular weight excluding hydrogens is 394 g/mol. The second-order valence-electron chi connectivity index (χ2n) is 8.57. The highest BCUT2D eigenvalue weighted by atomic mass is 16.2. The van der Waals surface area contributed by atoms with Gasteiger partial charge in [-0.1, -0.05) is 13.0 Å². The molecule has 2 atom stereocenters. The fourth-order valence-electron chi connectivity index (χ4n) is 4.70. The molecule has 3 heterocycles. The van der Waals surface area contributed by atoms with Crippen LogP contribution in [0.15, 0.2) is 23.0 Å². The summed E-state index contributed by atoms with van der Waals surface area (Å²) in [5, 5.41) is 5.57. The van der Waals surface area contributed by atoms with Crippen LogP contribution < -0.4 is 21.1 Å². The summed E-state index contributed by atoms with van der Waals surface area (Å²) >= 11 is 0. The Balaban J connectivity index is 1.66. The zero-order chi connectivity index (χ0) is 22.1. The number of amides is 2. The van der Waals surface area contributed by atoms with Gasteiger partial charge in [-0.15, -0.1) is 0 Å². The number of hydrogen-bond acceptors (Lipinski definition) is 5. The number of carbonyl (C=O) groups is 2. The molecule has 0 unspecified atom stereocenters. The van der Waals surface area contributed by atoms with Gasteiger partial charge < -0.3 is 15.5 Å². The molecule has 0 aliphatic carbocycles. The third kappa shape index (κ3) is 4.33. The summed E-state index contributed by atoms with van der Waals surface area (Å²) in [6, 6.07) is 6.04. The number of aromatic nitrogens is 2. The van der Waals surface area contributed by atoms with Crippen molar-refractivity contribution in [2.24, 2.45) is 0 Å². The van der Waals surface area contributed by atoms with Crippen molar-refractivity contribution in [2.45, 2.75) is 64.8 Å². The van der Waals surface area contributed by atoms with Gasteiger partial charge in [-0.2, -0.15) is 4.98 Å². The number of piperidine rings is 1. The van der Waals surface area contributed by atoms with Gasteiger partial charge >= 0.3 is 0 Å². The smallest absolute Gasteiger partial charge is 0.258 e. The van der Waals surface area contributed by atoms with Crippen LogP contribution in [0.2, 0.25) is 0 Å². The van der Waals surface area contributed by atoms with Crippen molar-refractivity contribution in [2.75, 3.05) is 22.1 Å². The molecule has 0 spiro atoms. The number of nitrogens with one attached hydrogen (secondary N) is 3. The molecule has 8 nitrogen and oxygen atoms in total. The van der Waals surface area contributed by atoms with Gasteiger partial charge in [0.1, 0.15) is 5.82 Å². The van der Waals surface area contributed by atoms with Gasteiger partial charge in [0, 0.05) is 24.7 Å². The largest absolute Gasteiger partial charge is 0.339 e. The van der Waals surface area contributed by atoms with E-state index in [0.29, 0.717) is 17.7 Å². The van der Waals surface area contributed by atoms with E-state index in [4.69, 9.17) is 0 Å². The predicted molar refractivity (Wildman–Crippen MR) is 121 cm³/mol. The number of benzene rings is 1. The zero-order valence-corrected chi connectivity index (χ0v) is 18.2. The van der Waals surface area contributed by atoms with Crippen LogP contribution in [0.4, 0.5) is 17.5 Å². The van der Waals surface area contributed by atoms with Crippen LogP contribution >= 0.6 is 0 Å². The number of fused-ring (bicyclic) bond motifs is 1. The standard InChI is InChI=1S/C23H29N5O3/c1-4-16-7-5-6-8-28(16)23-26-20-19(22(31)27-23)17(12-18(29)25-20)21(30)24-15-10-13(2)9-14(3)11-15/h9-11,16-17H,4-8,12H2,1-3H3,(H,24,30)(H2,25,26,27,29,31)/t16-,17+/m1/s1. The second kappa shape index (κ2) is 8.53. The summed E-state index contributed by atoms with van der Waals surface area (Å²) in [5.74, 6) is -0.937. The molecule has 3 N–H and O–H groups in total. The zero-order valence-electron chi connectivity index (χ0n) is 18.2. The van der Waals surface area contributed by atoms with Crippen molar-refractivity contribution < 1.29 is 9.59 Å². The molecule has 2 aliphatic heterocycles. The lowest BCUT2D eigenvalue weighted by atomic mass is 9.92. The minimum atomic E-state index is -0.891. The molecule has 8 heteroatoms. The van der Waals surface area contributed by atoms with Gasteiger partial charge in [-0.25, -0.2) is 0 Å². The Morgan fingerprint density at radius 2 is 1.94 bits per heavy atom. The van der Waals surface area contributed by atoms with Crippen LogP contribution in [-0.4, -0.2) is 34.4 Å². The number of anilines is 3. The topological polar surface area (TPSA) is 107 Å². The van der Waals surface area contributed by atoms with Gasteiger partial charge in [0.15, 0.2) is 0 Å². The first-order valence-electron chi connectivity index (χ1n) is 11.0. The first-order chi connectivity index (χ1) is 14.9. The molecule has 164 valence electrons. The van der Waals surface area contributed by atoms with Crippen LogP contribution in [0.3, 0.4) is 0 Å². The fraction of sp³-hybridized carbons (Fsp3) is 0.478. The third-order valence-electron chi connectivity index (χ3n) is 6.11. The number of carbonyl (C=O) groups excluding carboxylic acids is 2.